The fourth-order valence-electron chi connectivity index (χ4n) is 4.43. The molecule has 0 aliphatic carbocycles. The minimum Gasteiger partial charge on any atom is -0.337 e. The Bertz CT molecular complexity index is 1340. The van der Waals surface area contributed by atoms with Crippen LogP contribution in [0.15, 0.2) is 83.9 Å². The third kappa shape index (κ3) is 5.83. The first kappa shape index (κ1) is 24.2. The van der Waals surface area contributed by atoms with E-state index in [1.54, 1.807) is 6.20 Å². The highest BCUT2D eigenvalue weighted by molar-refractivity contribution is 8.00. The van der Waals surface area contributed by atoms with Gasteiger partial charge in [0, 0.05) is 61.6 Å². The summed E-state index contributed by atoms with van der Waals surface area (Å²) in [5, 5.41) is 1.09. The van der Waals surface area contributed by atoms with Gasteiger partial charge in [-0.3, -0.25) is 14.7 Å². The molecule has 1 saturated heterocycles. The molecule has 5 rings (SSSR count). The van der Waals surface area contributed by atoms with E-state index in [0.29, 0.717) is 37.3 Å². The molecule has 0 bridgehead atoms. The molecule has 2 heterocycles. The first-order chi connectivity index (χ1) is 17.5. The van der Waals surface area contributed by atoms with Crippen molar-refractivity contribution in [3.8, 4) is 0 Å². The number of hydrogen-bond donors (Lipinski definition) is 1. The second-order valence-corrected chi connectivity index (χ2v) is 9.66. The summed E-state index contributed by atoms with van der Waals surface area (Å²) in [5.41, 5.74) is 3.08. The van der Waals surface area contributed by atoms with Crippen molar-refractivity contribution >= 4 is 34.4 Å². The molecule has 184 valence electrons. The fraction of sp³-hybridized carbons (Fsp3) is 0.214. The van der Waals surface area contributed by atoms with Gasteiger partial charge in [0.05, 0.1) is 10.4 Å². The number of rotatable bonds is 6. The normalized spacial score (nSPS) is 14.6. The van der Waals surface area contributed by atoms with Crippen molar-refractivity contribution in [2.45, 2.75) is 17.9 Å². The Kier molecular flexibility index (Phi) is 7.44. The summed E-state index contributed by atoms with van der Waals surface area (Å²) in [6, 6.07) is 21.1. The predicted octanol–water partition coefficient (Wildman–Crippen LogP) is 5.98. The number of carbonyl (C=O) groups is 1. The summed E-state index contributed by atoms with van der Waals surface area (Å²) >= 11 is 1.49. The van der Waals surface area contributed by atoms with Gasteiger partial charge in [0.25, 0.3) is 5.91 Å². The Morgan fingerprint density at radius 3 is 2.50 bits per heavy atom. The molecule has 4 aromatic rings. The number of nitrogens with one attached hydrogen (secondary N) is 1. The lowest BCUT2D eigenvalue weighted by atomic mass is 10.2. The van der Waals surface area contributed by atoms with Crippen molar-refractivity contribution in [1.29, 1.82) is 0 Å². The Balaban J connectivity index is 1.17. The van der Waals surface area contributed by atoms with Gasteiger partial charge in [-0.05, 0) is 72.5 Å². The van der Waals surface area contributed by atoms with E-state index in [4.69, 9.17) is 0 Å². The second-order valence-electron chi connectivity index (χ2n) is 8.81. The summed E-state index contributed by atoms with van der Waals surface area (Å²) < 4.78 is 30.4. The summed E-state index contributed by atoms with van der Waals surface area (Å²) in [5.74, 6) is -1.14. The molecular formula is C28H26F2N4OS. The predicted molar refractivity (Wildman–Crippen MR) is 140 cm³/mol. The average Bonchev–Trinajstić information content (AvgIpc) is 3.12. The van der Waals surface area contributed by atoms with E-state index in [1.807, 2.05) is 59.5 Å². The molecule has 1 N–H and O–H groups in total. The quantitative estimate of drug-likeness (QED) is 0.328. The molecule has 8 heteroatoms. The molecule has 36 heavy (non-hydrogen) atoms. The van der Waals surface area contributed by atoms with Gasteiger partial charge in [0.15, 0.2) is 0 Å². The minimum absolute atomic E-state index is 0.00823. The molecule has 1 fully saturated rings. The van der Waals surface area contributed by atoms with Gasteiger partial charge in [0.1, 0.15) is 11.6 Å². The van der Waals surface area contributed by atoms with Crippen LogP contribution in [0.5, 0.6) is 0 Å². The van der Waals surface area contributed by atoms with E-state index in [0.717, 1.165) is 40.5 Å². The minimum atomic E-state index is -0.568. The van der Waals surface area contributed by atoms with Crippen molar-refractivity contribution < 1.29 is 13.6 Å². The SMILES string of the molecule is O=C(c1ccc(NSc2cccc3cccnc23)cc1)N1CCCN(Cc2cc(F)cc(F)c2)CC1. The van der Waals surface area contributed by atoms with Crippen molar-refractivity contribution in [2.24, 2.45) is 0 Å². The molecule has 5 nitrogen and oxygen atoms in total. The Morgan fingerprint density at radius 1 is 0.917 bits per heavy atom. The fourth-order valence-corrected chi connectivity index (χ4v) is 5.21. The number of fused-ring (bicyclic) bond motifs is 1. The van der Waals surface area contributed by atoms with Gasteiger partial charge in [-0.25, -0.2) is 8.78 Å². The van der Waals surface area contributed by atoms with E-state index in [2.05, 4.69) is 14.6 Å². The zero-order chi connectivity index (χ0) is 24.9. The highest BCUT2D eigenvalue weighted by atomic mass is 32.2. The highest BCUT2D eigenvalue weighted by Gasteiger charge is 2.20. The van der Waals surface area contributed by atoms with Gasteiger partial charge in [-0.2, -0.15) is 0 Å². The van der Waals surface area contributed by atoms with Crippen LogP contribution in [0.1, 0.15) is 22.3 Å². The topological polar surface area (TPSA) is 48.5 Å². The van der Waals surface area contributed by atoms with Gasteiger partial charge in [0.2, 0.25) is 0 Å². The van der Waals surface area contributed by atoms with E-state index in [1.165, 1.54) is 24.1 Å². The molecule has 0 unspecified atom stereocenters. The zero-order valence-electron chi connectivity index (χ0n) is 19.7. The number of pyridine rings is 1. The molecule has 1 aromatic heterocycles. The number of aromatic nitrogens is 1. The molecule has 0 radical (unpaired) electrons. The van der Waals surface area contributed by atoms with Crippen LogP contribution in [0.2, 0.25) is 0 Å². The molecule has 0 saturated carbocycles. The first-order valence-electron chi connectivity index (χ1n) is 11.9. The lowest BCUT2D eigenvalue weighted by Crippen LogP contribution is -2.35. The molecule has 1 aliphatic heterocycles. The van der Waals surface area contributed by atoms with Crippen LogP contribution in [0.25, 0.3) is 10.9 Å². The molecular weight excluding hydrogens is 478 g/mol. The number of nitrogens with zero attached hydrogens (tertiary/aromatic N) is 3. The standard InChI is InChI=1S/C28H26F2N4OS/c29-23-16-20(17-24(30)18-23)19-33-12-3-13-34(15-14-33)28(35)22-7-9-25(10-8-22)32-36-26-6-1-4-21-5-2-11-31-27(21)26/h1-2,4-11,16-18,32H,3,12-15,19H2. The van der Waals surface area contributed by atoms with Crippen molar-refractivity contribution in [3.63, 3.8) is 0 Å². The molecule has 1 amide bonds. The number of amides is 1. The van der Waals surface area contributed by atoms with E-state index in [9.17, 15) is 13.6 Å². The summed E-state index contributed by atoms with van der Waals surface area (Å²) in [7, 11) is 0. The Morgan fingerprint density at radius 2 is 1.69 bits per heavy atom. The van der Waals surface area contributed by atoms with Crippen LogP contribution in [-0.2, 0) is 6.54 Å². The number of hydrogen-bond acceptors (Lipinski definition) is 5. The molecule has 0 atom stereocenters. The van der Waals surface area contributed by atoms with Crippen LogP contribution >= 0.6 is 11.9 Å². The molecule has 1 aliphatic rings. The van der Waals surface area contributed by atoms with Crippen molar-refractivity contribution in [2.75, 3.05) is 30.9 Å². The maximum absolute atomic E-state index is 13.5. The monoisotopic (exact) mass is 504 g/mol. The van der Waals surface area contributed by atoms with Crippen molar-refractivity contribution in [1.82, 2.24) is 14.8 Å². The van der Waals surface area contributed by atoms with Gasteiger partial charge in [-0.1, -0.05) is 18.2 Å². The smallest absolute Gasteiger partial charge is 0.253 e. The largest absolute Gasteiger partial charge is 0.337 e. The average molecular weight is 505 g/mol. The number of carbonyl (C=O) groups excluding carboxylic acids is 1. The van der Waals surface area contributed by atoms with E-state index < -0.39 is 11.6 Å². The van der Waals surface area contributed by atoms with Gasteiger partial charge >= 0.3 is 0 Å². The maximum Gasteiger partial charge on any atom is 0.253 e. The molecule has 3 aromatic carbocycles. The second kappa shape index (κ2) is 11.1. The van der Waals surface area contributed by atoms with Gasteiger partial charge < -0.3 is 9.62 Å². The third-order valence-electron chi connectivity index (χ3n) is 6.21. The Labute approximate surface area is 213 Å². The number of benzene rings is 3. The summed E-state index contributed by atoms with van der Waals surface area (Å²) in [4.78, 5) is 22.6. The van der Waals surface area contributed by atoms with Crippen LogP contribution in [-0.4, -0.2) is 46.9 Å². The van der Waals surface area contributed by atoms with Crippen LogP contribution in [0, 0.1) is 11.6 Å². The number of para-hydroxylation sites is 1. The van der Waals surface area contributed by atoms with Crippen molar-refractivity contribution in [3.05, 3.63) is 102 Å². The summed E-state index contributed by atoms with van der Waals surface area (Å²) in [6.07, 6.45) is 2.59. The summed E-state index contributed by atoms with van der Waals surface area (Å²) in [6.45, 7) is 3.10. The molecule has 0 spiro atoms. The number of anilines is 1. The van der Waals surface area contributed by atoms with Crippen LogP contribution < -0.4 is 4.72 Å². The zero-order valence-corrected chi connectivity index (χ0v) is 20.5. The van der Waals surface area contributed by atoms with E-state index in [-0.39, 0.29) is 5.91 Å². The lowest BCUT2D eigenvalue weighted by molar-refractivity contribution is 0.0761. The third-order valence-corrected chi connectivity index (χ3v) is 7.10. The Hall–Kier alpha value is -3.49. The van der Waals surface area contributed by atoms with E-state index >= 15 is 0 Å². The maximum atomic E-state index is 13.5. The van der Waals surface area contributed by atoms with Gasteiger partial charge in [-0.15, -0.1) is 0 Å². The van der Waals surface area contributed by atoms with Crippen LogP contribution in [0.3, 0.4) is 0 Å². The number of halogens is 2. The van der Waals surface area contributed by atoms with Crippen LogP contribution in [0.4, 0.5) is 14.5 Å². The highest BCUT2D eigenvalue weighted by Crippen LogP contribution is 2.27. The first-order valence-corrected chi connectivity index (χ1v) is 12.7. The lowest BCUT2D eigenvalue weighted by Gasteiger charge is -2.22.